The average molecular weight is 312 g/mol. The molecule has 0 aliphatic heterocycles. The number of hydrogen-bond acceptors (Lipinski definition) is 3. The number of nitrogens with zero attached hydrogens (tertiary/aromatic N) is 1. The molecule has 1 aromatic carbocycles. The topological polar surface area (TPSA) is 45.7 Å². The predicted octanol–water partition coefficient (Wildman–Crippen LogP) is 3.11. The third-order valence-corrected chi connectivity index (χ3v) is 2.64. The van der Waals surface area contributed by atoms with Crippen molar-refractivity contribution < 1.29 is 4.74 Å². The summed E-state index contributed by atoms with van der Waals surface area (Å²) in [4.78, 5) is 0. The highest BCUT2D eigenvalue weighted by molar-refractivity contribution is 7.80. The van der Waals surface area contributed by atoms with Gasteiger partial charge in [-0.1, -0.05) is 17.7 Å². The van der Waals surface area contributed by atoms with Crippen molar-refractivity contribution in [2.45, 2.75) is 20.0 Å². The number of benzene rings is 1. The van der Waals surface area contributed by atoms with Crippen molar-refractivity contribution in [1.29, 1.82) is 0 Å². The van der Waals surface area contributed by atoms with Crippen LogP contribution in [0.15, 0.2) is 36.0 Å². The molecular formula is C14H18ClN3OS. The highest BCUT2D eigenvalue weighted by Gasteiger charge is 2.04. The third kappa shape index (κ3) is 6.04. The molecule has 0 aliphatic rings. The Morgan fingerprint density at radius 3 is 2.90 bits per heavy atom. The molecule has 6 heteroatoms. The first kappa shape index (κ1) is 16.5. The van der Waals surface area contributed by atoms with E-state index in [4.69, 9.17) is 28.6 Å². The lowest BCUT2D eigenvalue weighted by molar-refractivity contribution is 0.242. The van der Waals surface area contributed by atoms with E-state index in [0.717, 1.165) is 5.56 Å². The van der Waals surface area contributed by atoms with Crippen molar-refractivity contribution in [1.82, 2.24) is 10.7 Å². The standard InChI is InChI=1S/C14H18ClN3OS/c1-4-7-16-14(20)18-17-9-11-5-6-13(12(15)8-11)19-10(2)3/h4-6,8-10H,1,7H2,2-3H3,(H2,16,18,20)/b17-9+. The first-order valence-electron chi connectivity index (χ1n) is 6.17. The van der Waals surface area contributed by atoms with Crippen LogP contribution < -0.4 is 15.5 Å². The number of ether oxygens (including phenoxy) is 1. The molecule has 0 aromatic heterocycles. The van der Waals surface area contributed by atoms with E-state index in [1.165, 1.54) is 0 Å². The van der Waals surface area contributed by atoms with Crippen molar-refractivity contribution in [2.24, 2.45) is 5.10 Å². The summed E-state index contributed by atoms with van der Waals surface area (Å²) in [5.41, 5.74) is 3.55. The molecule has 0 atom stereocenters. The van der Waals surface area contributed by atoms with E-state index >= 15 is 0 Å². The van der Waals surface area contributed by atoms with Crippen LogP contribution in [0.1, 0.15) is 19.4 Å². The van der Waals surface area contributed by atoms with E-state index in [1.807, 2.05) is 26.0 Å². The largest absolute Gasteiger partial charge is 0.489 e. The maximum absolute atomic E-state index is 6.13. The van der Waals surface area contributed by atoms with Gasteiger partial charge >= 0.3 is 0 Å². The molecule has 0 aliphatic carbocycles. The first-order chi connectivity index (χ1) is 9.52. The van der Waals surface area contributed by atoms with E-state index in [0.29, 0.717) is 22.4 Å². The molecule has 0 heterocycles. The number of hydrogen-bond donors (Lipinski definition) is 2. The second kappa shape index (κ2) is 8.55. The molecule has 0 unspecified atom stereocenters. The Morgan fingerprint density at radius 1 is 1.55 bits per heavy atom. The molecule has 0 amide bonds. The van der Waals surface area contributed by atoms with Crippen LogP contribution in [0.4, 0.5) is 0 Å². The average Bonchev–Trinajstić information content (AvgIpc) is 2.39. The van der Waals surface area contributed by atoms with Crippen LogP contribution in [0.2, 0.25) is 5.02 Å². The Bertz CT molecular complexity index is 503. The molecule has 0 saturated carbocycles. The van der Waals surface area contributed by atoms with E-state index in [9.17, 15) is 0 Å². The normalized spacial score (nSPS) is 10.6. The molecule has 1 rings (SSSR count). The van der Waals surface area contributed by atoms with Crippen LogP contribution >= 0.6 is 23.8 Å². The number of nitrogens with one attached hydrogen (secondary N) is 2. The summed E-state index contributed by atoms with van der Waals surface area (Å²) in [7, 11) is 0. The summed E-state index contributed by atoms with van der Waals surface area (Å²) in [6, 6.07) is 5.47. The van der Waals surface area contributed by atoms with Gasteiger partial charge in [0, 0.05) is 6.54 Å². The Labute approximate surface area is 129 Å². The van der Waals surface area contributed by atoms with Crippen molar-refractivity contribution >= 4 is 35.1 Å². The number of hydrazone groups is 1. The second-order valence-corrected chi connectivity index (χ2v) is 5.04. The highest BCUT2D eigenvalue weighted by atomic mass is 35.5. The summed E-state index contributed by atoms with van der Waals surface area (Å²) in [6.45, 7) is 8.08. The number of rotatable bonds is 6. The zero-order chi connectivity index (χ0) is 15.0. The smallest absolute Gasteiger partial charge is 0.187 e. The van der Waals surface area contributed by atoms with Crippen molar-refractivity contribution in [3.8, 4) is 5.75 Å². The minimum atomic E-state index is 0.0852. The molecule has 0 bridgehead atoms. The van der Waals surface area contributed by atoms with E-state index in [1.54, 1.807) is 18.4 Å². The highest BCUT2D eigenvalue weighted by Crippen LogP contribution is 2.25. The van der Waals surface area contributed by atoms with E-state index in [2.05, 4.69) is 22.4 Å². The fourth-order valence-corrected chi connectivity index (χ4v) is 1.69. The molecule has 4 nitrogen and oxygen atoms in total. The zero-order valence-corrected chi connectivity index (χ0v) is 13.1. The second-order valence-electron chi connectivity index (χ2n) is 4.23. The summed E-state index contributed by atoms with van der Waals surface area (Å²) in [6.07, 6.45) is 3.43. The monoisotopic (exact) mass is 311 g/mol. The van der Waals surface area contributed by atoms with E-state index < -0.39 is 0 Å². The van der Waals surface area contributed by atoms with Crippen LogP contribution in [0.5, 0.6) is 5.75 Å². The summed E-state index contributed by atoms with van der Waals surface area (Å²) < 4.78 is 5.55. The van der Waals surface area contributed by atoms with Gasteiger partial charge in [0.25, 0.3) is 0 Å². The van der Waals surface area contributed by atoms with Crippen LogP contribution in [0.25, 0.3) is 0 Å². The molecular weight excluding hydrogens is 294 g/mol. The molecule has 108 valence electrons. The maximum atomic E-state index is 6.13. The van der Waals surface area contributed by atoms with Gasteiger partial charge in [0.2, 0.25) is 0 Å². The van der Waals surface area contributed by atoms with Crippen LogP contribution in [-0.4, -0.2) is 24.0 Å². The van der Waals surface area contributed by atoms with Crippen molar-refractivity contribution in [3.63, 3.8) is 0 Å². The third-order valence-electron chi connectivity index (χ3n) is 2.11. The summed E-state index contributed by atoms with van der Waals surface area (Å²) in [5, 5.41) is 7.90. The lowest BCUT2D eigenvalue weighted by Crippen LogP contribution is -2.31. The lowest BCUT2D eigenvalue weighted by Gasteiger charge is -2.11. The van der Waals surface area contributed by atoms with E-state index in [-0.39, 0.29) is 6.10 Å². The summed E-state index contributed by atoms with van der Waals surface area (Å²) in [5.74, 6) is 0.662. The van der Waals surface area contributed by atoms with Gasteiger partial charge in [0.05, 0.1) is 17.3 Å². The zero-order valence-electron chi connectivity index (χ0n) is 11.5. The predicted molar refractivity (Wildman–Crippen MR) is 88.7 cm³/mol. The van der Waals surface area contributed by atoms with Gasteiger partial charge < -0.3 is 10.1 Å². The Morgan fingerprint density at radius 2 is 2.30 bits per heavy atom. The van der Waals surface area contributed by atoms with Gasteiger partial charge in [-0.3, -0.25) is 5.43 Å². The molecule has 2 N–H and O–H groups in total. The minimum Gasteiger partial charge on any atom is -0.489 e. The fourth-order valence-electron chi connectivity index (χ4n) is 1.32. The lowest BCUT2D eigenvalue weighted by atomic mass is 10.2. The van der Waals surface area contributed by atoms with Gasteiger partial charge in [-0.2, -0.15) is 5.10 Å². The summed E-state index contributed by atoms with van der Waals surface area (Å²) >= 11 is 11.1. The quantitative estimate of drug-likeness (QED) is 0.367. The van der Waals surface area contributed by atoms with Gasteiger partial charge in [0.15, 0.2) is 5.11 Å². The number of thiocarbonyl (C=S) groups is 1. The molecule has 0 radical (unpaired) electrons. The molecule has 20 heavy (non-hydrogen) atoms. The van der Waals surface area contributed by atoms with Gasteiger partial charge in [-0.15, -0.1) is 6.58 Å². The van der Waals surface area contributed by atoms with Crippen molar-refractivity contribution in [3.05, 3.63) is 41.4 Å². The first-order valence-corrected chi connectivity index (χ1v) is 6.95. The SMILES string of the molecule is C=CCNC(=S)N/N=C/c1ccc(OC(C)C)c(Cl)c1. The van der Waals surface area contributed by atoms with Crippen LogP contribution in [-0.2, 0) is 0 Å². The Kier molecular flexibility index (Phi) is 7.04. The molecule has 0 fully saturated rings. The minimum absolute atomic E-state index is 0.0852. The Hall–Kier alpha value is -1.59. The Balaban J connectivity index is 2.58. The maximum Gasteiger partial charge on any atom is 0.187 e. The number of halogens is 1. The van der Waals surface area contributed by atoms with Crippen molar-refractivity contribution in [2.75, 3.05) is 6.54 Å². The van der Waals surface area contributed by atoms with Gasteiger partial charge in [0.1, 0.15) is 5.75 Å². The van der Waals surface area contributed by atoms with Crippen LogP contribution in [0.3, 0.4) is 0 Å². The molecule has 0 saturated heterocycles. The van der Waals surface area contributed by atoms with Gasteiger partial charge in [-0.25, -0.2) is 0 Å². The van der Waals surface area contributed by atoms with Gasteiger partial charge in [-0.05, 0) is 49.8 Å². The molecule has 1 aromatic rings. The molecule has 0 spiro atoms. The fraction of sp³-hybridized carbons (Fsp3) is 0.286. The van der Waals surface area contributed by atoms with Crippen LogP contribution in [0, 0.1) is 0 Å².